The summed E-state index contributed by atoms with van der Waals surface area (Å²) in [6, 6.07) is 6.15. The van der Waals surface area contributed by atoms with Gasteiger partial charge >= 0.3 is 11.9 Å². The number of benzene rings is 1. The number of nitrogens with zero attached hydrogens (tertiary/aromatic N) is 3. The zero-order valence-electron chi connectivity index (χ0n) is 11.2. The monoisotopic (exact) mass is 333 g/mol. The second kappa shape index (κ2) is 6.35. The Bertz CT molecular complexity index is 720. The third-order valence-corrected chi connectivity index (χ3v) is 3.14. The molecule has 1 aromatic carbocycles. The first-order valence-electron chi connectivity index (χ1n) is 6.26. The van der Waals surface area contributed by atoms with Crippen LogP contribution >= 0.6 is 11.6 Å². The van der Waals surface area contributed by atoms with Crippen LogP contribution in [-0.2, 0) is 17.9 Å². The van der Waals surface area contributed by atoms with Crippen molar-refractivity contribution in [2.75, 3.05) is 0 Å². The number of carbonyl (C=O) groups is 1. The molecule has 2 rings (SSSR count). The van der Waals surface area contributed by atoms with Gasteiger partial charge in [-0.1, -0.05) is 11.6 Å². The third-order valence-electron chi connectivity index (χ3n) is 2.89. The van der Waals surface area contributed by atoms with Crippen LogP contribution in [0.4, 0.5) is 13.2 Å². The smallest absolute Gasteiger partial charge is 0.301 e. The minimum absolute atomic E-state index is 0.0627. The van der Waals surface area contributed by atoms with E-state index >= 15 is 0 Å². The van der Waals surface area contributed by atoms with E-state index in [2.05, 4.69) is 5.10 Å². The summed E-state index contributed by atoms with van der Waals surface area (Å²) in [4.78, 5) is 22.6. The van der Waals surface area contributed by atoms with E-state index in [4.69, 9.17) is 11.6 Å². The fraction of sp³-hybridized carbons (Fsp3) is 0.308. The molecule has 0 fully saturated rings. The SMILES string of the molecule is O=CCn1nc(-c2ccc(Cl)cc2)n(CCC(F)(F)F)c1=O. The molecule has 9 heteroatoms. The summed E-state index contributed by atoms with van der Waals surface area (Å²) in [6.07, 6.45) is -5.11. The lowest BCUT2D eigenvalue weighted by Gasteiger charge is -2.08. The summed E-state index contributed by atoms with van der Waals surface area (Å²) in [6.45, 7) is -0.891. The summed E-state index contributed by atoms with van der Waals surface area (Å²) < 4.78 is 38.9. The number of hydrogen-bond donors (Lipinski definition) is 0. The maximum absolute atomic E-state index is 12.4. The number of halogens is 4. The molecule has 0 atom stereocenters. The molecule has 118 valence electrons. The Balaban J connectivity index is 2.46. The Morgan fingerprint density at radius 3 is 2.41 bits per heavy atom. The van der Waals surface area contributed by atoms with Crippen LogP contribution < -0.4 is 5.69 Å². The molecule has 0 radical (unpaired) electrons. The van der Waals surface area contributed by atoms with E-state index in [1.165, 1.54) is 12.1 Å². The van der Waals surface area contributed by atoms with Crippen molar-refractivity contribution >= 4 is 17.9 Å². The molecule has 22 heavy (non-hydrogen) atoms. The fourth-order valence-electron chi connectivity index (χ4n) is 1.88. The first kappa shape index (κ1) is 16.3. The maximum Gasteiger partial charge on any atom is 0.390 e. The molecular weight excluding hydrogens is 323 g/mol. The standard InChI is InChI=1S/C13H11ClF3N3O2/c14-10-3-1-9(2-4-10)11-18-20(7-8-21)12(22)19(11)6-5-13(15,16)17/h1-4,8H,5-7H2. The minimum atomic E-state index is -4.40. The summed E-state index contributed by atoms with van der Waals surface area (Å²) in [5.41, 5.74) is -0.324. The van der Waals surface area contributed by atoms with Crippen LogP contribution in [0, 0.1) is 0 Å². The van der Waals surface area contributed by atoms with Crippen molar-refractivity contribution < 1.29 is 18.0 Å². The first-order valence-corrected chi connectivity index (χ1v) is 6.63. The highest BCUT2D eigenvalue weighted by molar-refractivity contribution is 6.30. The van der Waals surface area contributed by atoms with Gasteiger partial charge in [-0.05, 0) is 24.3 Å². The molecule has 5 nitrogen and oxygen atoms in total. The van der Waals surface area contributed by atoms with Gasteiger partial charge in [-0.15, -0.1) is 5.10 Å². The first-order chi connectivity index (χ1) is 10.3. The number of aromatic nitrogens is 3. The second-order valence-corrected chi connectivity index (χ2v) is 4.92. The van der Waals surface area contributed by atoms with E-state index in [0.29, 0.717) is 16.9 Å². The van der Waals surface area contributed by atoms with Gasteiger partial charge in [-0.25, -0.2) is 9.48 Å². The summed E-state index contributed by atoms with van der Waals surface area (Å²) in [5, 5.41) is 4.37. The van der Waals surface area contributed by atoms with Crippen LogP contribution in [0.15, 0.2) is 29.1 Å². The van der Waals surface area contributed by atoms with E-state index in [0.717, 1.165) is 9.25 Å². The molecule has 0 spiro atoms. The highest BCUT2D eigenvalue weighted by Gasteiger charge is 2.28. The molecule has 0 amide bonds. The van der Waals surface area contributed by atoms with Crippen LogP contribution in [0.1, 0.15) is 6.42 Å². The Kier molecular flexibility index (Phi) is 4.70. The fourth-order valence-corrected chi connectivity index (χ4v) is 2.01. The van der Waals surface area contributed by atoms with Crippen molar-refractivity contribution in [1.29, 1.82) is 0 Å². The Labute approximate surface area is 127 Å². The van der Waals surface area contributed by atoms with Crippen LogP contribution in [0.5, 0.6) is 0 Å². The Morgan fingerprint density at radius 2 is 1.86 bits per heavy atom. The third kappa shape index (κ3) is 3.76. The zero-order chi connectivity index (χ0) is 16.3. The largest absolute Gasteiger partial charge is 0.390 e. The predicted octanol–water partition coefficient (Wildman–Crippen LogP) is 2.52. The van der Waals surface area contributed by atoms with E-state index in [1.54, 1.807) is 12.1 Å². The molecule has 0 saturated carbocycles. The number of aldehydes is 1. The lowest BCUT2D eigenvalue weighted by molar-refractivity contribution is -0.136. The molecule has 2 aromatic rings. The van der Waals surface area contributed by atoms with Gasteiger partial charge in [0.2, 0.25) is 0 Å². The topological polar surface area (TPSA) is 56.9 Å². The molecule has 0 aliphatic carbocycles. The number of rotatable bonds is 5. The minimum Gasteiger partial charge on any atom is -0.301 e. The van der Waals surface area contributed by atoms with Gasteiger partial charge in [0.25, 0.3) is 0 Å². The van der Waals surface area contributed by atoms with Gasteiger partial charge in [-0.2, -0.15) is 13.2 Å². The van der Waals surface area contributed by atoms with Gasteiger partial charge in [0.1, 0.15) is 12.8 Å². The van der Waals surface area contributed by atoms with E-state index in [9.17, 15) is 22.8 Å². The lowest BCUT2D eigenvalue weighted by atomic mass is 10.2. The zero-order valence-corrected chi connectivity index (χ0v) is 11.9. The molecule has 0 bridgehead atoms. The van der Waals surface area contributed by atoms with Crippen molar-refractivity contribution in [3.63, 3.8) is 0 Å². The highest BCUT2D eigenvalue weighted by atomic mass is 35.5. The quantitative estimate of drug-likeness (QED) is 0.790. The number of carbonyl (C=O) groups excluding carboxylic acids is 1. The van der Waals surface area contributed by atoms with E-state index < -0.39 is 24.8 Å². The van der Waals surface area contributed by atoms with Crippen molar-refractivity contribution in [2.24, 2.45) is 0 Å². The van der Waals surface area contributed by atoms with Crippen molar-refractivity contribution in [2.45, 2.75) is 25.7 Å². The summed E-state index contributed by atoms with van der Waals surface area (Å²) in [7, 11) is 0. The van der Waals surface area contributed by atoms with Crippen LogP contribution in [0.2, 0.25) is 5.02 Å². The number of alkyl halides is 3. The average molecular weight is 334 g/mol. The van der Waals surface area contributed by atoms with Gasteiger partial charge in [0, 0.05) is 17.1 Å². The molecule has 1 aromatic heterocycles. The van der Waals surface area contributed by atoms with Crippen molar-refractivity contribution in [3.8, 4) is 11.4 Å². The molecule has 0 aliphatic rings. The molecule has 0 aliphatic heterocycles. The second-order valence-electron chi connectivity index (χ2n) is 4.48. The molecule has 0 N–H and O–H groups in total. The number of hydrogen-bond acceptors (Lipinski definition) is 3. The molecular formula is C13H11ClF3N3O2. The lowest BCUT2D eigenvalue weighted by Crippen LogP contribution is -2.27. The van der Waals surface area contributed by atoms with E-state index in [1.807, 2.05) is 0 Å². The molecule has 1 heterocycles. The summed E-state index contributed by atoms with van der Waals surface area (Å²) >= 11 is 5.76. The van der Waals surface area contributed by atoms with Gasteiger partial charge < -0.3 is 4.79 Å². The highest BCUT2D eigenvalue weighted by Crippen LogP contribution is 2.23. The van der Waals surface area contributed by atoms with Gasteiger partial charge in [-0.3, -0.25) is 4.57 Å². The average Bonchev–Trinajstić information content (AvgIpc) is 2.74. The van der Waals surface area contributed by atoms with Crippen LogP contribution in [-0.4, -0.2) is 26.8 Å². The predicted molar refractivity (Wildman–Crippen MR) is 73.7 cm³/mol. The van der Waals surface area contributed by atoms with Gasteiger partial charge in [0.15, 0.2) is 5.82 Å². The van der Waals surface area contributed by atoms with Gasteiger partial charge in [0.05, 0.1) is 6.42 Å². The Hall–Kier alpha value is -2.09. The summed E-state index contributed by atoms with van der Waals surface area (Å²) in [5.74, 6) is 0.0627. The Morgan fingerprint density at radius 1 is 1.23 bits per heavy atom. The van der Waals surface area contributed by atoms with Crippen molar-refractivity contribution in [1.82, 2.24) is 14.3 Å². The normalized spacial score (nSPS) is 11.6. The van der Waals surface area contributed by atoms with E-state index in [-0.39, 0.29) is 12.4 Å². The maximum atomic E-state index is 12.4. The van der Waals surface area contributed by atoms with Crippen LogP contribution in [0.3, 0.4) is 0 Å². The molecule has 0 unspecified atom stereocenters. The van der Waals surface area contributed by atoms with Crippen LogP contribution in [0.25, 0.3) is 11.4 Å². The molecule has 0 saturated heterocycles. The van der Waals surface area contributed by atoms with Crippen molar-refractivity contribution in [3.05, 3.63) is 39.8 Å².